The number of carbonyl (C=O) groups is 2. The average molecular weight is 259 g/mol. The standard InChI is InChI=1S/C11H13NO2.C5H8/c1-8-3-5-10(6-4-8)12-11(14)7-9(2)13;1-2-5-3-4-5/h3-6H,7H2,1-2H3,(H,12,14);2,5H,1,3-4H2. The minimum atomic E-state index is -0.263. The Morgan fingerprint density at radius 2 is 1.89 bits per heavy atom. The number of aryl methyl sites for hydroxylation is 1. The summed E-state index contributed by atoms with van der Waals surface area (Å²) >= 11 is 0. The molecule has 0 radical (unpaired) electrons. The molecule has 1 saturated carbocycles. The second-order valence-corrected chi connectivity index (χ2v) is 4.87. The molecule has 3 nitrogen and oxygen atoms in total. The fraction of sp³-hybridized carbons (Fsp3) is 0.375. The van der Waals surface area contributed by atoms with Crippen molar-refractivity contribution in [1.82, 2.24) is 0 Å². The van der Waals surface area contributed by atoms with Crippen LogP contribution in [0, 0.1) is 12.8 Å². The van der Waals surface area contributed by atoms with Gasteiger partial charge in [0, 0.05) is 5.69 Å². The van der Waals surface area contributed by atoms with Crippen LogP contribution in [0.25, 0.3) is 0 Å². The molecule has 1 aromatic rings. The van der Waals surface area contributed by atoms with E-state index in [0.29, 0.717) is 0 Å². The van der Waals surface area contributed by atoms with E-state index >= 15 is 0 Å². The highest BCUT2D eigenvalue weighted by molar-refractivity contribution is 6.03. The molecule has 0 saturated heterocycles. The largest absolute Gasteiger partial charge is 0.326 e. The lowest BCUT2D eigenvalue weighted by molar-refractivity contribution is -0.124. The van der Waals surface area contributed by atoms with Crippen LogP contribution in [-0.4, -0.2) is 11.7 Å². The molecular formula is C16H21NO2. The molecule has 0 unspecified atom stereocenters. The Morgan fingerprint density at radius 1 is 1.32 bits per heavy atom. The maximum absolute atomic E-state index is 11.2. The van der Waals surface area contributed by atoms with Crippen molar-refractivity contribution in [3.63, 3.8) is 0 Å². The SMILES string of the molecule is C=CC1CC1.CC(=O)CC(=O)Nc1ccc(C)cc1. The minimum Gasteiger partial charge on any atom is -0.326 e. The molecule has 19 heavy (non-hydrogen) atoms. The van der Waals surface area contributed by atoms with E-state index in [-0.39, 0.29) is 18.1 Å². The molecule has 1 amide bonds. The van der Waals surface area contributed by atoms with Gasteiger partial charge in [-0.25, -0.2) is 0 Å². The number of hydrogen-bond acceptors (Lipinski definition) is 2. The summed E-state index contributed by atoms with van der Waals surface area (Å²) in [5.41, 5.74) is 1.86. The second-order valence-electron chi connectivity index (χ2n) is 4.87. The van der Waals surface area contributed by atoms with E-state index in [0.717, 1.165) is 17.2 Å². The zero-order valence-corrected chi connectivity index (χ0v) is 11.6. The molecule has 0 spiro atoms. The van der Waals surface area contributed by atoms with Crippen molar-refractivity contribution >= 4 is 17.4 Å². The Morgan fingerprint density at radius 3 is 2.26 bits per heavy atom. The average Bonchev–Trinajstić information content (AvgIpc) is 3.15. The number of ketones is 1. The first-order chi connectivity index (χ1) is 9.01. The quantitative estimate of drug-likeness (QED) is 0.664. The smallest absolute Gasteiger partial charge is 0.231 e. The summed E-state index contributed by atoms with van der Waals surface area (Å²) in [5.74, 6) is 0.506. The third-order valence-electron chi connectivity index (χ3n) is 2.70. The lowest BCUT2D eigenvalue weighted by atomic mass is 10.2. The van der Waals surface area contributed by atoms with Crippen LogP contribution >= 0.6 is 0 Å². The van der Waals surface area contributed by atoms with Gasteiger partial charge in [-0.15, -0.1) is 6.58 Å². The Balaban J connectivity index is 0.000000300. The Kier molecular flexibility index (Phi) is 6.00. The molecule has 1 N–H and O–H groups in total. The van der Waals surface area contributed by atoms with E-state index in [1.165, 1.54) is 19.8 Å². The third kappa shape index (κ3) is 7.19. The van der Waals surface area contributed by atoms with Crippen molar-refractivity contribution in [1.29, 1.82) is 0 Å². The van der Waals surface area contributed by atoms with Crippen LogP contribution in [0.2, 0.25) is 0 Å². The summed E-state index contributed by atoms with van der Waals surface area (Å²) in [6, 6.07) is 7.44. The second kappa shape index (κ2) is 7.52. The number of nitrogens with one attached hydrogen (secondary N) is 1. The van der Waals surface area contributed by atoms with E-state index in [4.69, 9.17) is 0 Å². The van der Waals surface area contributed by atoms with Crippen molar-refractivity contribution in [3.05, 3.63) is 42.5 Å². The molecule has 0 aliphatic heterocycles. The van der Waals surface area contributed by atoms with E-state index in [9.17, 15) is 9.59 Å². The zero-order valence-electron chi connectivity index (χ0n) is 11.6. The highest BCUT2D eigenvalue weighted by Gasteiger charge is 2.15. The van der Waals surface area contributed by atoms with Gasteiger partial charge in [-0.2, -0.15) is 0 Å². The van der Waals surface area contributed by atoms with Crippen LogP contribution in [0.15, 0.2) is 36.9 Å². The van der Waals surface area contributed by atoms with Crippen LogP contribution in [0.3, 0.4) is 0 Å². The summed E-state index contributed by atoms with van der Waals surface area (Å²) in [5, 5.41) is 2.64. The molecule has 1 fully saturated rings. The Labute approximate surface area is 114 Å². The summed E-state index contributed by atoms with van der Waals surface area (Å²) in [6.45, 7) is 6.99. The van der Waals surface area contributed by atoms with Gasteiger partial charge in [-0.1, -0.05) is 23.8 Å². The normalized spacial score (nSPS) is 12.9. The van der Waals surface area contributed by atoms with Crippen LogP contribution in [0.5, 0.6) is 0 Å². The fourth-order valence-electron chi connectivity index (χ4n) is 1.40. The topological polar surface area (TPSA) is 46.2 Å². The van der Waals surface area contributed by atoms with Crippen LogP contribution in [0.4, 0.5) is 5.69 Å². The van der Waals surface area contributed by atoms with E-state index in [1.54, 1.807) is 0 Å². The van der Waals surface area contributed by atoms with Crippen LogP contribution in [0.1, 0.15) is 31.7 Å². The molecule has 3 heteroatoms. The number of allylic oxidation sites excluding steroid dienone is 1. The zero-order chi connectivity index (χ0) is 14.3. The summed E-state index contributed by atoms with van der Waals surface area (Å²) in [6.07, 6.45) is 4.75. The maximum atomic E-state index is 11.2. The Bertz CT molecular complexity index is 444. The highest BCUT2D eigenvalue weighted by atomic mass is 16.2. The molecule has 1 aliphatic rings. The minimum absolute atomic E-state index is 0.0616. The first-order valence-corrected chi connectivity index (χ1v) is 6.49. The van der Waals surface area contributed by atoms with Gasteiger partial charge in [0.25, 0.3) is 0 Å². The lowest BCUT2D eigenvalue weighted by Crippen LogP contribution is -2.14. The van der Waals surface area contributed by atoms with Crippen molar-refractivity contribution in [2.24, 2.45) is 5.92 Å². The van der Waals surface area contributed by atoms with Crippen molar-refractivity contribution in [2.45, 2.75) is 33.1 Å². The van der Waals surface area contributed by atoms with Crippen LogP contribution in [-0.2, 0) is 9.59 Å². The molecule has 0 heterocycles. The highest BCUT2D eigenvalue weighted by Crippen LogP contribution is 2.28. The summed E-state index contributed by atoms with van der Waals surface area (Å²) in [7, 11) is 0. The molecular weight excluding hydrogens is 238 g/mol. The molecule has 0 bridgehead atoms. The molecule has 1 aliphatic carbocycles. The van der Waals surface area contributed by atoms with E-state index < -0.39 is 0 Å². The molecule has 1 aromatic carbocycles. The lowest BCUT2D eigenvalue weighted by Gasteiger charge is -2.03. The fourth-order valence-corrected chi connectivity index (χ4v) is 1.40. The number of carbonyl (C=O) groups excluding carboxylic acids is 2. The number of rotatable bonds is 4. The third-order valence-corrected chi connectivity index (χ3v) is 2.70. The number of hydrogen-bond donors (Lipinski definition) is 1. The summed E-state index contributed by atoms with van der Waals surface area (Å²) in [4.78, 5) is 21.8. The predicted molar refractivity (Wildman–Crippen MR) is 78.0 cm³/mol. The van der Waals surface area contributed by atoms with Gasteiger partial charge in [0.15, 0.2) is 0 Å². The predicted octanol–water partition coefficient (Wildman–Crippen LogP) is 3.50. The van der Waals surface area contributed by atoms with Crippen LogP contribution < -0.4 is 5.32 Å². The maximum Gasteiger partial charge on any atom is 0.231 e. The van der Waals surface area contributed by atoms with Gasteiger partial charge in [0.05, 0.1) is 6.42 Å². The molecule has 0 aromatic heterocycles. The van der Waals surface area contributed by atoms with Gasteiger partial charge < -0.3 is 5.32 Å². The van der Waals surface area contributed by atoms with Gasteiger partial charge in [0.1, 0.15) is 5.78 Å². The first-order valence-electron chi connectivity index (χ1n) is 6.49. The van der Waals surface area contributed by atoms with Gasteiger partial charge in [0.2, 0.25) is 5.91 Å². The number of anilines is 1. The van der Waals surface area contributed by atoms with E-state index in [1.807, 2.05) is 37.3 Å². The van der Waals surface area contributed by atoms with Crippen molar-refractivity contribution in [2.75, 3.05) is 5.32 Å². The Hall–Kier alpha value is -1.90. The molecule has 0 atom stereocenters. The molecule has 2 rings (SSSR count). The van der Waals surface area contributed by atoms with Crippen molar-refractivity contribution < 1.29 is 9.59 Å². The molecule has 102 valence electrons. The monoisotopic (exact) mass is 259 g/mol. The van der Waals surface area contributed by atoms with E-state index in [2.05, 4.69) is 11.9 Å². The van der Waals surface area contributed by atoms with Crippen molar-refractivity contribution in [3.8, 4) is 0 Å². The van der Waals surface area contributed by atoms with Gasteiger partial charge in [-0.3, -0.25) is 9.59 Å². The first kappa shape index (κ1) is 15.2. The summed E-state index contributed by atoms with van der Waals surface area (Å²) < 4.78 is 0. The number of Topliss-reactive ketones (excluding diaryl/α,β-unsaturated/α-hetero) is 1. The van der Waals surface area contributed by atoms with Gasteiger partial charge in [-0.05, 0) is 44.7 Å². The number of benzene rings is 1. The van der Waals surface area contributed by atoms with Gasteiger partial charge >= 0.3 is 0 Å². The number of amides is 1.